The summed E-state index contributed by atoms with van der Waals surface area (Å²) in [6, 6.07) is 21.3. The van der Waals surface area contributed by atoms with Crippen molar-refractivity contribution in [3.63, 3.8) is 0 Å². The van der Waals surface area contributed by atoms with Crippen LogP contribution in [-0.2, 0) is 0 Å². The lowest BCUT2D eigenvalue weighted by Crippen LogP contribution is -2.30. The molecule has 0 atom stereocenters. The molecule has 0 radical (unpaired) electrons. The van der Waals surface area contributed by atoms with Gasteiger partial charge in [0.1, 0.15) is 5.82 Å². The fourth-order valence-corrected chi connectivity index (χ4v) is 4.14. The fraction of sp³-hybridized carbons (Fsp3) is 0. The molecule has 0 fully saturated rings. The molecule has 27 heavy (non-hydrogen) atoms. The minimum atomic E-state index is -0.302. The molecule has 134 valence electrons. The van der Waals surface area contributed by atoms with Crippen LogP contribution in [0.1, 0.15) is 0 Å². The molecular weight excluding hydrogens is 401 g/mol. The molecule has 1 aromatic heterocycles. The standard InChI is InChI=1S/C20H13ClFN3S2/c21-13-4-3-5-16(12-13)25(19(26)23-15-10-8-14(22)9-11-15)20-24-17-6-1-2-7-18(17)27-20/h1-12H,(H,23,26). The van der Waals surface area contributed by atoms with Crippen LogP contribution < -0.4 is 10.2 Å². The van der Waals surface area contributed by atoms with Crippen molar-refractivity contribution in [2.24, 2.45) is 0 Å². The lowest BCUT2D eigenvalue weighted by molar-refractivity contribution is 0.628. The van der Waals surface area contributed by atoms with Gasteiger partial charge in [0.2, 0.25) is 0 Å². The quantitative estimate of drug-likeness (QED) is 0.382. The molecule has 3 aromatic carbocycles. The van der Waals surface area contributed by atoms with Crippen molar-refractivity contribution >= 4 is 67.0 Å². The number of fused-ring (bicyclic) bond motifs is 1. The molecule has 7 heteroatoms. The number of benzene rings is 3. The first kappa shape index (κ1) is 17.9. The smallest absolute Gasteiger partial charge is 0.197 e. The average Bonchev–Trinajstić information content (AvgIpc) is 3.07. The molecular formula is C20H13ClFN3S2. The van der Waals surface area contributed by atoms with E-state index in [-0.39, 0.29) is 5.82 Å². The number of thiazole rings is 1. The Morgan fingerprint density at radius 2 is 1.81 bits per heavy atom. The maximum absolute atomic E-state index is 13.2. The van der Waals surface area contributed by atoms with Crippen molar-refractivity contribution in [3.8, 4) is 0 Å². The number of hydrogen-bond acceptors (Lipinski definition) is 3. The number of aromatic nitrogens is 1. The maximum atomic E-state index is 13.2. The number of halogens is 2. The summed E-state index contributed by atoms with van der Waals surface area (Å²) in [6.07, 6.45) is 0. The number of hydrogen-bond donors (Lipinski definition) is 1. The second kappa shape index (κ2) is 7.60. The van der Waals surface area contributed by atoms with Crippen LogP contribution in [0.3, 0.4) is 0 Å². The van der Waals surface area contributed by atoms with Gasteiger partial charge in [-0.3, -0.25) is 4.90 Å². The van der Waals surface area contributed by atoms with Crippen LogP contribution in [0.25, 0.3) is 10.2 Å². The van der Waals surface area contributed by atoms with E-state index in [0.29, 0.717) is 15.8 Å². The van der Waals surface area contributed by atoms with Crippen LogP contribution in [0.4, 0.5) is 20.9 Å². The van der Waals surface area contributed by atoms with E-state index >= 15 is 0 Å². The fourth-order valence-electron chi connectivity index (χ4n) is 2.60. The number of thiocarbonyl (C=S) groups is 1. The van der Waals surface area contributed by atoms with Crippen molar-refractivity contribution in [1.29, 1.82) is 0 Å². The second-order valence-corrected chi connectivity index (χ2v) is 7.55. The van der Waals surface area contributed by atoms with E-state index in [1.165, 1.54) is 23.5 Å². The number of anilines is 3. The normalized spacial score (nSPS) is 10.7. The summed E-state index contributed by atoms with van der Waals surface area (Å²) in [5, 5.41) is 4.88. The zero-order chi connectivity index (χ0) is 18.8. The summed E-state index contributed by atoms with van der Waals surface area (Å²) < 4.78 is 14.2. The summed E-state index contributed by atoms with van der Waals surface area (Å²) in [7, 11) is 0. The van der Waals surface area contributed by atoms with Gasteiger partial charge in [0, 0.05) is 10.7 Å². The van der Waals surface area contributed by atoms with Gasteiger partial charge >= 0.3 is 0 Å². The first-order valence-electron chi connectivity index (χ1n) is 8.08. The largest absolute Gasteiger partial charge is 0.332 e. The molecule has 0 aliphatic rings. The topological polar surface area (TPSA) is 28.2 Å². The SMILES string of the molecule is Fc1ccc(NC(=S)N(c2cccc(Cl)c2)c2nc3ccccc3s2)cc1. The van der Waals surface area contributed by atoms with Crippen molar-refractivity contribution in [2.75, 3.05) is 10.2 Å². The molecule has 4 rings (SSSR count). The number of nitrogens with one attached hydrogen (secondary N) is 1. The zero-order valence-electron chi connectivity index (χ0n) is 13.9. The van der Waals surface area contributed by atoms with Gasteiger partial charge in [-0.1, -0.05) is 41.1 Å². The van der Waals surface area contributed by atoms with Crippen molar-refractivity contribution < 1.29 is 4.39 Å². The zero-order valence-corrected chi connectivity index (χ0v) is 16.3. The Morgan fingerprint density at radius 1 is 1.04 bits per heavy atom. The van der Waals surface area contributed by atoms with E-state index in [0.717, 1.165) is 21.0 Å². The monoisotopic (exact) mass is 413 g/mol. The van der Waals surface area contributed by atoms with Crippen LogP contribution in [0.15, 0.2) is 72.8 Å². The summed E-state index contributed by atoms with van der Waals surface area (Å²) in [5.74, 6) is -0.302. The Balaban J connectivity index is 1.75. The first-order chi connectivity index (χ1) is 13.1. The van der Waals surface area contributed by atoms with Gasteiger partial charge in [-0.05, 0) is 66.8 Å². The van der Waals surface area contributed by atoms with Crippen molar-refractivity contribution in [1.82, 2.24) is 4.98 Å². The van der Waals surface area contributed by atoms with Crippen LogP contribution >= 0.6 is 35.2 Å². The molecule has 0 spiro atoms. The number of rotatable bonds is 3. The molecule has 0 aliphatic heterocycles. The molecule has 3 nitrogen and oxygen atoms in total. The van der Waals surface area contributed by atoms with Gasteiger partial charge in [0.05, 0.1) is 15.9 Å². The van der Waals surface area contributed by atoms with Gasteiger partial charge in [-0.15, -0.1) is 0 Å². The lowest BCUT2D eigenvalue weighted by atomic mass is 10.3. The predicted molar refractivity (Wildman–Crippen MR) is 116 cm³/mol. The summed E-state index contributed by atoms with van der Waals surface area (Å²) in [4.78, 5) is 6.54. The van der Waals surface area contributed by atoms with Crippen LogP contribution in [0.2, 0.25) is 5.02 Å². The van der Waals surface area contributed by atoms with E-state index in [4.69, 9.17) is 28.8 Å². The molecule has 4 aromatic rings. The third kappa shape index (κ3) is 3.93. The maximum Gasteiger partial charge on any atom is 0.197 e. The number of para-hydroxylation sites is 1. The first-order valence-corrected chi connectivity index (χ1v) is 9.68. The van der Waals surface area contributed by atoms with E-state index in [9.17, 15) is 4.39 Å². The van der Waals surface area contributed by atoms with Crippen LogP contribution in [0, 0.1) is 5.82 Å². The van der Waals surface area contributed by atoms with Gasteiger partial charge in [0.25, 0.3) is 0 Å². The molecule has 0 saturated carbocycles. The average molecular weight is 414 g/mol. The lowest BCUT2D eigenvalue weighted by Gasteiger charge is -2.23. The molecule has 0 aliphatic carbocycles. The Kier molecular flexibility index (Phi) is 5.03. The van der Waals surface area contributed by atoms with Crippen LogP contribution in [0.5, 0.6) is 0 Å². The molecule has 0 unspecified atom stereocenters. The Hall–Kier alpha value is -2.54. The minimum Gasteiger partial charge on any atom is -0.332 e. The second-order valence-electron chi connectivity index (χ2n) is 5.72. The summed E-state index contributed by atoms with van der Waals surface area (Å²) in [6.45, 7) is 0. The third-order valence-electron chi connectivity index (χ3n) is 3.84. The Morgan fingerprint density at radius 3 is 2.56 bits per heavy atom. The highest BCUT2D eigenvalue weighted by atomic mass is 35.5. The molecule has 1 heterocycles. The van der Waals surface area contributed by atoms with Gasteiger partial charge in [0.15, 0.2) is 10.2 Å². The minimum absolute atomic E-state index is 0.302. The highest BCUT2D eigenvalue weighted by Gasteiger charge is 2.19. The van der Waals surface area contributed by atoms with E-state index in [1.807, 2.05) is 47.4 Å². The summed E-state index contributed by atoms with van der Waals surface area (Å²) in [5.41, 5.74) is 2.38. The van der Waals surface area contributed by atoms with Crippen LogP contribution in [-0.4, -0.2) is 10.1 Å². The van der Waals surface area contributed by atoms with E-state index in [2.05, 4.69) is 5.32 Å². The predicted octanol–water partition coefficient (Wildman–Crippen LogP) is 6.62. The Labute approximate surface area is 170 Å². The Bertz CT molecular complexity index is 1080. The van der Waals surface area contributed by atoms with Gasteiger partial charge in [-0.25, -0.2) is 9.37 Å². The van der Waals surface area contributed by atoms with E-state index in [1.54, 1.807) is 18.2 Å². The molecule has 0 bridgehead atoms. The highest BCUT2D eigenvalue weighted by molar-refractivity contribution is 7.80. The third-order valence-corrected chi connectivity index (χ3v) is 5.38. The highest BCUT2D eigenvalue weighted by Crippen LogP contribution is 2.34. The van der Waals surface area contributed by atoms with Crippen molar-refractivity contribution in [2.45, 2.75) is 0 Å². The molecule has 1 N–H and O–H groups in total. The molecule has 0 amide bonds. The van der Waals surface area contributed by atoms with Gasteiger partial charge in [-0.2, -0.15) is 0 Å². The van der Waals surface area contributed by atoms with Crippen molar-refractivity contribution in [3.05, 3.63) is 83.6 Å². The van der Waals surface area contributed by atoms with E-state index < -0.39 is 0 Å². The molecule has 0 saturated heterocycles. The number of nitrogens with zero attached hydrogens (tertiary/aromatic N) is 2. The summed E-state index contributed by atoms with van der Waals surface area (Å²) >= 11 is 13.4. The van der Waals surface area contributed by atoms with Gasteiger partial charge < -0.3 is 5.32 Å².